The molecule has 0 saturated carbocycles. The van der Waals surface area contributed by atoms with Gasteiger partial charge < -0.3 is 10.1 Å². The molecule has 0 spiro atoms. The van der Waals surface area contributed by atoms with Crippen molar-refractivity contribution in [1.82, 2.24) is 10.3 Å². The van der Waals surface area contributed by atoms with Crippen LogP contribution < -0.4 is 10.1 Å². The molecule has 3 aromatic rings. The van der Waals surface area contributed by atoms with Crippen molar-refractivity contribution in [2.75, 3.05) is 0 Å². The maximum atomic E-state index is 12.1. The molecule has 1 aromatic carbocycles. The second kappa shape index (κ2) is 8.44. The van der Waals surface area contributed by atoms with Crippen LogP contribution in [0.25, 0.3) is 0 Å². The van der Waals surface area contributed by atoms with Crippen molar-refractivity contribution in [2.24, 2.45) is 0 Å². The molecule has 0 aliphatic rings. The van der Waals surface area contributed by atoms with Gasteiger partial charge in [0.25, 0.3) is 5.91 Å². The number of nitrogens with one attached hydrogen (secondary N) is 1. The van der Waals surface area contributed by atoms with Gasteiger partial charge in [0, 0.05) is 29.4 Å². The van der Waals surface area contributed by atoms with Gasteiger partial charge in [-0.25, -0.2) is 0 Å². The maximum Gasteiger partial charge on any atom is 0.261 e. The van der Waals surface area contributed by atoms with Crippen molar-refractivity contribution in [2.45, 2.75) is 26.5 Å². The van der Waals surface area contributed by atoms with Crippen LogP contribution in [0.5, 0.6) is 5.75 Å². The molecule has 0 aliphatic heterocycles. The molecule has 0 radical (unpaired) electrons. The summed E-state index contributed by atoms with van der Waals surface area (Å²) < 4.78 is 5.73. The Balaban J connectivity index is 1.49. The fourth-order valence-corrected chi connectivity index (χ4v) is 3.18. The van der Waals surface area contributed by atoms with Gasteiger partial charge in [0.1, 0.15) is 12.4 Å². The number of rotatable bonds is 7. The predicted octanol–water partition coefficient (Wildman–Crippen LogP) is 4.21. The lowest BCUT2D eigenvalue weighted by molar-refractivity contribution is 0.0955. The van der Waals surface area contributed by atoms with Crippen LogP contribution >= 0.6 is 11.3 Å². The summed E-state index contributed by atoms with van der Waals surface area (Å²) in [7, 11) is 0. The Morgan fingerprint density at radius 3 is 2.64 bits per heavy atom. The van der Waals surface area contributed by atoms with E-state index in [1.165, 1.54) is 4.88 Å². The standard InChI is InChI=1S/C20H20N2O2S/c1-2-18-9-10-19(25-18)20(23)22-13-15-5-7-17(8-6-15)24-14-16-4-3-11-21-12-16/h3-12H,2,13-14H2,1H3,(H,22,23). The summed E-state index contributed by atoms with van der Waals surface area (Å²) in [5, 5.41) is 2.95. The average molecular weight is 352 g/mol. The summed E-state index contributed by atoms with van der Waals surface area (Å²) in [5.74, 6) is 0.770. The molecule has 0 atom stereocenters. The second-order valence-corrected chi connectivity index (χ2v) is 6.76. The van der Waals surface area contributed by atoms with Crippen LogP contribution in [0.2, 0.25) is 0 Å². The minimum absolute atomic E-state index is 0.0263. The molecule has 5 heteroatoms. The number of nitrogens with zero attached hydrogens (tertiary/aromatic N) is 1. The minimum atomic E-state index is -0.0263. The van der Waals surface area contributed by atoms with Gasteiger partial charge in [-0.15, -0.1) is 11.3 Å². The zero-order chi connectivity index (χ0) is 17.5. The van der Waals surface area contributed by atoms with Gasteiger partial charge in [-0.2, -0.15) is 0 Å². The number of aromatic nitrogens is 1. The smallest absolute Gasteiger partial charge is 0.261 e. The molecule has 0 bridgehead atoms. The van der Waals surface area contributed by atoms with E-state index < -0.39 is 0 Å². The van der Waals surface area contributed by atoms with Crippen molar-refractivity contribution in [3.05, 3.63) is 81.8 Å². The Morgan fingerprint density at radius 2 is 1.96 bits per heavy atom. The number of ether oxygens (including phenoxy) is 1. The molecule has 0 saturated heterocycles. The fraction of sp³-hybridized carbons (Fsp3) is 0.200. The highest BCUT2D eigenvalue weighted by molar-refractivity contribution is 7.14. The Hall–Kier alpha value is -2.66. The van der Waals surface area contributed by atoms with Gasteiger partial charge in [0.05, 0.1) is 4.88 Å². The lowest BCUT2D eigenvalue weighted by atomic mass is 10.2. The lowest BCUT2D eigenvalue weighted by Crippen LogP contribution is -2.21. The van der Waals surface area contributed by atoms with Crippen molar-refractivity contribution >= 4 is 17.2 Å². The molecule has 0 aliphatic carbocycles. The van der Waals surface area contributed by atoms with Crippen LogP contribution in [-0.2, 0) is 19.6 Å². The Labute approximate surface area is 151 Å². The molecule has 0 unspecified atom stereocenters. The van der Waals surface area contributed by atoms with E-state index in [-0.39, 0.29) is 5.91 Å². The quantitative estimate of drug-likeness (QED) is 0.693. The summed E-state index contributed by atoms with van der Waals surface area (Å²) in [5.41, 5.74) is 2.07. The molecule has 0 fully saturated rings. The molecule has 2 aromatic heterocycles. The summed E-state index contributed by atoms with van der Waals surface area (Å²) in [6.07, 6.45) is 4.49. The molecule has 128 valence electrons. The summed E-state index contributed by atoms with van der Waals surface area (Å²) in [6.45, 7) is 3.08. The van der Waals surface area contributed by atoms with Gasteiger partial charge in [0.2, 0.25) is 0 Å². The third kappa shape index (κ3) is 4.90. The number of hydrogen-bond acceptors (Lipinski definition) is 4. The zero-order valence-corrected chi connectivity index (χ0v) is 14.9. The molecule has 1 N–H and O–H groups in total. The Morgan fingerprint density at radius 1 is 1.12 bits per heavy atom. The molecular formula is C20H20N2O2S. The molecule has 3 rings (SSSR count). The van der Waals surface area contributed by atoms with Crippen molar-refractivity contribution in [3.8, 4) is 5.75 Å². The summed E-state index contributed by atoms with van der Waals surface area (Å²) in [6, 6.07) is 15.5. The van der Waals surface area contributed by atoms with Gasteiger partial charge in [-0.1, -0.05) is 25.1 Å². The van der Waals surface area contributed by atoms with E-state index in [0.29, 0.717) is 13.2 Å². The van der Waals surface area contributed by atoms with Crippen molar-refractivity contribution in [3.63, 3.8) is 0 Å². The normalized spacial score (nSPS) is 10.4. The second-order valence-electron chi connectivity index (χ2n) is 5.60. The van der Waals surface area contributed by atoms with E-state index in [1.807, 2.05) is 48.5 Å². The van der Waals surface area contributed by atoms with E-state index in [2.05, 4.69) is 17.2 Å². The van der Waals surface area contributed by atoms with Crippen LogP contribution in [-0.4, -0.2) is 10.9 Å². The number of carbonyl (C=O) groups excluding carboxylic acids is 1. The topological polar surface area (TPSA) is 51.2 Å². The highest BCUT2D eigenvalue weighted by Crippen LogP contribution is 2.17. The van der Waals surface area contributed by atoms with Crippen molar-refractivity contribution in [1.29, 1.82) is 0 Å². The van der Waals surface area contributed by atoms with E-state index in [9.17, 15) is 4.79 Å². The van der Waals surface area contributed by atoms with Crippen LogP contribution in [0.15, 0.2) is 60.9 Å². The first kappa shape index (κ1) is 17.2. The van der Waals surface area contributed by atoms with Gasteiger partial charge >= 0.3 is 0 Å². The van der Waals surface area contributed by atoms with E-state index in [1.54, 1.807) is 23.7 Å². The predicted molar refractivity (Wildman–Crippen MR) is 99.9 cm³/mol. The highest BCUT2D eigenvalue weighted by Gasteiger charge is 2.08. The van der Waals surface area contributed by atoms with Crippen LogP contribution in [0.4, 0.5) is 0 Å². The number of aryl methyl sites for hydroxylation is 1. The number of pyridine rings is 1. The van der Waals surface area contributed by atoms with Gasteiger partial charge in [-0.3, -0.25) is 9.78 Å². The van der Waals surface area contributed by atoms with Crippen molar-refractivity contribution < 1.29 is 9.53 Å². The Bertz CT molecular complexity index is 813. The largest absolute Gasteiger partial charge is 0.489 e. The fourth-order valence-electron chi connectivity index (χ4n) is 2.31. The van der Waals surface area contributed by atoms with Crippen LogP contribution in [0.1, 0.15) is 32.6 Å². The lowest BCUT2D eigenvalue weighted by Gasteiger charge is -2.08. The van der Waals surface area contributed by atoms with E-state index in [0.717, 1.165) is 28.2 Å². The highest BCUT2D eigenvalue weighted by atomic mass is 32.1. The number of benzene rings is 1. The number of hydrogen-bond donors (Lipinski definition) is 1. The number of thiophene rings is 1. The number of carbonyl (C=O) groups is 1. The number of amides is 1. The zero-order valence-electron chi connectivity index (χ0n) is 14.1. The minimum Gasteiger partial charge on any atom is -0.489 e. The maximum absolute atomic E-state index is 12.1. The van der Waals surface area contributed by atoms with Crippen LogP contribution in [0.3, 0.4) is 0 Å². The third-order valence-corrected chi connectivity index (χ3v) is 4.97. The van der Waals surface area contributed by atoms with Gasteiger partial charge in [-0.05, 0) is 42.3 Å². The third-order valence-electron chi connectivity index (χ3n) is 3.74. The Kier molecular flexibility index (Phi) is 5.80. The first-order chi connectivity index (χ1) is 12.2. The molecular weight excluding hydrogens is 332 g/mol. The molecule has 2 heterocycles. The first-order valence-corrected chi connectivity index (χ1v) is 9.04. The molecule has 4 nitrogen and oxygen atoms in total. The first-order valence-electron chi connectivity index (χ1n) is 8.22. The summed E-state index contributed by atoms with van der Waals surface area (Å²) >= 11 is 1.55. The molecule has 25 heavy (non-hydrogen) atoms. The average Bonchev–Trinajstić information content (AvgIpc) is 3.15. The van der Waals surface area contributed by atoms with E-state index in [4.69, 9.17) is 4.74 Å². The monoisotopic (exact) mass is 352 g/mol. The SMILES string of the molecule is CCc1ccc(C(=O)NCc2ccc(OCc3cccnc3)cc2)s1. The van der Waals surface area contributed by atoms with Gasteiger partial charge in [0.15, 0.2) is 0 Å². The summed E-state index contributed by atoms with van der Waals surface area (Å²) in [4.78, 5) is 18.2. The van der Waals surface area contributed by atoms with E-state index >= 15 is 0 Å². The van der Waals surface area contributed by atoms with Crippen LogP contribution in [0, 0.1) is 0 Å². The molecule has 1 amide bonds.